The number of hydrogen-bond donors (Lipinski definition) is 3. The molecule has 4 heteroatoms. The van der Waals surface area contributed by atoms with Crippen molar-refractivity contribution in [2.45, 2.75) is 71.2 Å². The van der Waals surface area contributed by atoms with Crippen molar-refractivity contribution >= 4 is 5.78 Å². The van der Waals surface area contributed by atoms with E-state index in [1.807, 2.05) is 0 Å². The molecule has 24 heavy (non-hydrogen) atoms. The minimum atomic E-state index is -1.07. The number of hydrogen-bond acceptors (Lipinski definition) is 4. The number of aliphatic hydroxyl groups excluding tert-OH is 3. The predicted octanol–water partition coefficient (Wildman–Crippen LogP) is 2.07. The molecule has 1 unspecified atom stereocenters. The maximum atomic E-state index is 13.1. The fourth-order valence-electron chi connectivity index (χ4n) is 7.33. The largest absolute Gasteiger partial charge is 0.393 e. The van der Waals surface area contributed by atoms with Gasteiger partial charge in [0.15, 0.2) is 5.78 Å². The van der Waals surface area contributed by atoms with Gasteiger partial charge in [0.25, 0.3) is 0 Å². The van der Waals surface area contributed by atoms with Crippen molar-refractivity contribution in [1.29, 1.82) is 0 Å². The summed E-state index contributed by atoms with van der Waals surface area (Å²) in [6, 6.07) is 0. The summed E-state index contributed by atoms with van der Waals surface area (Å²) in [5, 5.41) is 32.6. The first-order chi connectivity index (χ1) is 11.1. The summed E-state index contributed by atoms with van der Waals surface area (Å²) >= 11 is 0. The van der Waals surface area contributed by atoms with E-state index in [2.05, 4.69) is 27.4 Å². The lowest BCUT2D eigenvalue weighted by molar-refractivity contribution is -0.239. The summed E-state index contributed by atoms with van der Waals surface area (Å²) in [4.78, 5) is 13.1. The fraction of sp³-hybridized carbons (Fsp3) is 0.850. The van der Waals surface area contributed by atoms with Crippen LogP contribution in [0.15, 0.2) is 12.2 Å². The normalized spacial score (nSPS) is 55.9. The molecule has 4 aliphatic carbocycles. The Hall–Kier alpha value is -0.710. The zero-order valence-electron chi connectivity index (χ0n) is 15.0. The van der Waals surface area contributed by atoms with Crippen LogP contribution in [0.2, 0.25) is 0 Å². The molecular weight excluding hydrogens is 304 g/mol. The Bertz CT molecular complexity index is 611. The second kappa shape index (κ2) is 4.72. The third-order valence-corrected chi connectivity index (χ3v) is 8.66. The first kappa shape index (κ1) is 16.7. The quantitative estimate of drug-likeness (QED) is 0.593. The van der Waals surface area contributed by atoms with E-state index in [0.717, 1.165) is 25.7 Å². The van der Waals surface area contributed by atoms with Crippen LogP contribution >= 0.6 is 0 Å². The third-order valence-electron chi connectivity index (χ3n) is 8.66. The molecule has 4 aliphatic rings. The molecule has 0 aliphatic heterocycles. The Kier molecular flexibility index (Phi) is 3.29. The molecule has 0 heterocycles. The average Bonchev–Trinajstić information content (AvgIpc) is 2.64. The van der Waals surface area contributed by atoms with Crippen LogP contribution in [0.5, 0.6) is 0 Å². The number of carbonyl (C=O) groups is 1. The summed E-state index contributed by atoms with van der Waals surface area (Å²) in [5.74, 6) is -0.183. The van der Waals surface area contributed by atoms with Crippen LogP contribution in [0.1, 0.15) is 52.9 Å². The van der Waals surface area contributed by atoms with E-state index in [9.17, 15) is 20.1 Å². The van der Waals surface area contributed by atoms with Gasteiger partial charge in [-0.15, -0.1) is 0 Å². The third kappa shape index (κ3) is 1.59. The number of carbonyl (C=O) groups excluding carboxylic acids is 1. The van der Waals surface area contributed by atoms with Gasteiger partial charge in [-0.3, -0.25) is 4.79 Å². The predicted molar refractivity (Wildman–Crippen MR) is 90.0 cm³/mol. The van der Waals surface area contributed by atoms with Crippen LogP contribution in [-0.2, 0) is 4.79 Å². The lowest BCUT2D eigenvalue weighted by Gasteiger charge is -2.66. The Balaban J connectivity index is 1.87. The fourth-order valence-corrected chi connectivity index (χ4v) is 7.33. The lowest BCUT2D eigenvalue weighted by Crippen LogP contribution is -2.68. The molecule has 3 N–H and O–H groups in total. The van der Waals surface area contributed by atoms with Crippen LogP contribution in [-0.4, -0.2) is 39.4 Å². The van der Waals surface area contributed by atoms with Crippen LogP contribution in [0.3, 0.4) is 0 Å². The summed E-state index contributed by atoms with van der Waals surface area (Å²) < 4.78 is 0. The molecule has 4 fully saturated rings. The maximum absolute atomic E-state index is 13.1. The highest BCUT2D eigenvalue weighted by atomic mass is 16.3. The smallest absolute Gasteiger partial charge is 0.170 e. The highest BCUT2D eigenvalue weighted by Crippen LogP contribution is 2.70. The Morgan fingerprint density at radius 3 is 2.33 bits per heavy atom. The van der Waals surface area contributed by atoms with E-state index in [4.69, 9.17) is 0 Å². The first-order valence-electron chi connectivity index (χ1n) is 9.37. The van der Waals surface area contributed by atoms with Gasteiger partial charge >= 0.3 is 0 Å². The van der Waals surface area contributed by atoms with Gasteiger partial charge in [0.05, 0.1) is 23.7 Å². The first-order valence-corrected chi connectivity index (χ1v) is 9.37. The number of fused-ring (bicyclic) bond motifs is 3. The van der Waals surface area contributed by atoms with Gasteiger partial charge in [-0.1, -0.05) is 27.4 Å². The van der Waals surface area contributed by atoms with E-state index >= 15 is 0 Å². The molecule has 4 saturated carbocycles. The zero-order chi connectivity index (χ0) is 17.7. The molecule has 0 saturated heterocycles. The number of rotatable bonds is 0. The van der Waals surface area contributed by atoms with Crippen molar-refractivity contribution in [3.8, 4) is 0 Å². The van der Waals surface area contributed by atoms with Gasteiger partial charge in [-0.2, -0.15) is 0 Å². The number of aliphatic hydroxyl groups is 3. The summed E-state index contributed by atoms with van der Waals surface area (Å²) in [6.07, 6.45) is 1.62. The van der Waals surface area contributed by atoms with Gasteiger partial charge < -0.3 is 15.3 Å². The van der Waals surface area contributed by atoms with Crippen molar-refractivity contribution in [2.24, 2.45) is 34.0 Å². The van der Waals surface area contributed by atoms with Gasteiger partial charge in [-0.05, 0) is 60.3 Å². The van der Waals surface area contributed by atoms with E-state index < -0.39 is 17.6 Å². The Morgan fingerprint density at radius 1 is 1.00 bits per heavy atom. The monoisotopic (exact) mass is 334 g/mol. The van der Waals surface area contributed by atoms with Crippen molar-refractivity contribution in [3.63, 3.8) is 0 Å². The highest BCUT2D eigenvalue weighted by molar-refractivity contribution is 6.04. The molecule has 4 rings (SSSR count). The van der Waals surface area contributed by atoms with Crippen molar-refractivity contribution in [1.82, 2.24) is 0 Å². The lowest BCUT2D eigenvalue weighted by atomic mass is 9.39. The Labute approximate surface area is 144 Å². The molecular formula is C20H30O4. The van der Waals surface area contributed by atoms with E-state index in [-0.39, 0.29) is 40.5 Å². The Morgan fingerprint density at radius 2 is 1.67 bits per heavy atom. The SMILES string of the molecule is C=C1C(=O)[C@@]23C(CC[C@@H]1[C@H]2O)[C@]1(C)CC[C@H](O)C(C)(C)[C@H]1C[C@H]3O. The van der Waals surface area contributed by atoms with Crippen molar-refractivity contribution in [3.05, 3.63) is 12.2 Å². The van der Waals surface area contributed by atoms with Gasteiger partial charge in [-0.25, -0.2) is 0 Å². The summed E-state index contributed by atoms with van der Waals surface area (Å²) in [6.45, 7) is 10.4. The molecule has 8 atom stereocenters. The molecule has 0 aromatic rings. The summed E-state index contributed by atoms with van der Waals surface area (Å²) in [5.41, 5.74) is -0.991. The van der Waals surface area contributed by atoms with Crippen molar-refractivity contribution < 1.29 is 20.1 Å². The molecule has 4 nitrogen and oxygen atoms in total. The van der Waals surface area contributed by atoms with E-state index in [1.54, 1.807) is 0 Å². The highest BCUT2D eigenvalue weighted by Gasteiger charge is 2.74. The minimum absolute atomic E-state index is 0.0384. The average molecular weight is 334 g/mol. The van der Waals surface area contributed by atoms with Crippen LogP contribution in [0.25, 0.3) is 0 Å². The number of ketones is 1. The van der Waals surface area contributed by atoms with Gasteiger partial charge in [0.2, 0.25) is 0 Å². The molecule has 0 radical (unpaired) electrons. The zero-order valence-corrected chi connectivity index (χ0v) is 15.0. The van der Waals surface area contributed by atoms with Crippen LogP contribution < -0.4 is 0 Å². The second-order valence-electron chi connectivity index (χ2n) is 9.65. The molecule has 0 aromatic carbocycles. The topological polar surface area (TPSA) is 77.8 Å². The van der Waals surface area contributed by atoms with Gasteiger partial charge in [0, 0.05) is 5.92 Å². The van der Waals surface area contributed by atoms with E-state index in [1.165, 1.54) is 0 Å². The van der Waals surface area contributed by atoms with Crippen LogP contribution in [0.4, 0.5) is 0 Å². The standard InChI is InChI=1S/C20H30O4/c1-10-11-5-6-12-19(4)8-7-14(21)18(2,3)13(19)9-15(22)20(12,16(10)23)17(11)24/h11-15,17,21-22,24H,1,5-9H2,2-4H3/t11-,12?,13+,14-,15+,17+,19-,20-/m0/s1. The molecule has 0 amide bonds. The van der Waals surface area contributed by atoms with E-state index in [0.29, 0.717) is 12.0 Å². The minimum Gasteiger partial charge on any atom is -0.393 e. The molecule has 0 aromatic heterocycles. The van der Waals surface area contributed by atoms with Gasteiger partial charge in [0.1, 0.15) is 0 Å². The number of Topliss-reactive ketones (excluding diaryl/α,β-unsaturated/α-hetero) is 1. The second-order valence-corrected chi connectivity index (χ2v) is 9.65. The molecule has 1 spiro atoms. The maximum Gasteiger partial charge on any atom is 0.170 e. The molecule has 134 valence electrons. The van der Waals surface area contributed by atoms with Crippen molar-refractivity contribution in [2.75, 3.05) is 0 Å². The summed E-state index contributed by atoms with van der Waals surface area (Å²) in [7, 11) is 0. The van der Waals surface area contributed by atoms with Crippen LogP contribution in [0, 0.1) is 34.0 Å². The molecule has 2 bridgehead atoms.